The van der Waals surface area contributed by atoms with Gasteiger partial charge in [-0.1, -0.05) is 18.2 Å². The van der Waals surface area contributed by atoms with E-state index in [0.717, 1.165) is 31.4 Å². The van der Waals surface area contributed by atoms with Crippen LogP contribution in [0.5, 0.6) is 0 Å². The van der Waals surface area contributed by atoms with E-state index >= 15 is 0 Å². The predicted molar refractivity (Wildman–Crippen MR) is 87.2 cm³/mol. The molecule has 0 aliphatic heterocycles. The Morgan fingerprint density at radius 2 is 2.14 bits per heavy atom. The fourth-order valence-electron chi connectivity index (χ4n) is 2.00. The number of guanidine groups is 1. The van der Waals surface area contributed by atoms with E-state index in [1.807, 2.05) is 12.1 Å². The molecule has 0 aliphatic rings. The minimum absolute atomic E-state index is 0.189. The van der Waals surface area contributed by atoms with Crippen LogP contribution < -0.4 is 11.1 Å². The van der Waals surface area contributed by atoms with Gasteiger partial charge in [-0.25, -0.2) is 4.39 Å². The lowest BCUT2D eigenvalue weighted by Gasteiger charge is -2.05. The number of nitrogens with one attached hydrogen (secondary N) is 1. The Morgan fingerprint density at radius 1 is 1.24 bits per heavy atom. The van der Waals surface area contributed by atoms with Gasteiger partial charge in [-0.3, -0.25) is 4.99 Å². The maximum Gasteiger partial charge on any atom is 0.188 e. The summed E-state index contributed by atoms with van der Waals surface area (Å²) in [4.78, 5) is 5.61. The second kappa shape index (κ2) is 8.42. The lowest BCUT2D eigenvalue weighted by molar-refractivity contribution is 0.624. The molecule has 1 aromatic carbocycles. The van der Waals surface area contributed by atoms with Crippen molar-refractivity contribution < 1.29 is 4.39 Å². The summed E-state index contributed by atoms with van der Waals surface area (Å²) in [5, 5.41) is 5.17. The number of nitrogens with two attached hydrogens (primary N) is 1. The first-order valence-corrected chi connectivity index (χ1v) is 7.92. The lowest BCUT2D eigenvalue weighted by Crippen LogP contribution is -2.33. The van der Waals surface area contributed by atoms with Crippen molar-refractivity contribution in [2.24, 2.45) is 10.7 Å². The summed E-state index contributed by atoms with van der Waals surface area (Å²) in [6, 6.07) is 10.8. The minimum Gasteiger partial charge on any atom is -0.370 e. The highest BCUT2D eigenvalue weighted by molar-refractivity contribution is 7.09. The molecule has 5 heteroatoms. The van der Waals surface area contributed by atoms with Crippen LogP contribution in [0.1, 0.15) is 16.9 Å². The van der Waals surface area contributed by atoms with Crippen molar-refractivity contribution >= 4 is 17.3 Å². The second-order valence-electron chi connectivity index (χ2n) is 4.76. The van der Waals surface area contributed by atoms with Crippen molar-refractivity contribution in [1.29, 1.82) is 0 Å². The molecule has 0 saturated carbocycles. The van der Waals surface area contributed by atoms with Gasteiger partial charge in [0, 0.05) is 18.0 Å². The summed E-state index contributed by atoms with van der Waals surface area (Å²) < 4.78 is 13.0. The van der Waals surface area contributed by atoms with Crippen molar-refractivity contribution in [3.05, 3.63) is 58.0 Å². The highest BCUT2D eigenvalue weighted by Gasteiger charge is 1.97. The van der Waals surface area contributed by atoms with Gasteiger partial charge in [-0.2, -0.15) is 0 Å². The summed E-state index contributed by atoms with van der Waals surface area (Å²) in [7, 11) is 0. The molecular formula is C16H20FN3S. The van der Waals surface area contributed by atoms with Gasteiger partial charge in [-0.15, -0.1) is 11.3 Å². The number of benzene rings is 1. The van der Waals surface area contributed by atoms with E-state index in [9.17, 15) is 4.39 Å². The average Bonchev–Trinajstić information content (AvgIpc) is 2.97. The molecule has 2 aromatic rings. The highest BCUT2D eigenvalue weighted by Crippen LogP contribution is 2.08. The third-order valence-electron chi connectivity index (χ3n) is 3.05. The molecule has 0 spiro atoms. The van der Waals surface area contributed by atoms with Gasteiger partial charge in [0.2, 0.25) is 0 Å². The van der Waals surface area contributed by atoms with Gasteiger partial charge in [0.1, 0.15) is 5.82 Å². The molecule has 1 heterocycles. The number of hydrogen-bond acceptors (Lipinski definition) is 2. The van der Waals surface area contributed by atoms with Gasteiger partial charge in [-0.05, 0) is 48.4 Å². The molecule has 2 rings (SSSR count). The molecule has 0 bridgehead atoms. The van der Waals surface area contributed by atoms with Gasteiger partial charge < -0.3 is 11.1 Å². The standard InChI is InChI=1S/C16H20FN3S/c17-14-6-1-4-13(12-14)5-2-9-19-16(18)20-10-8-15-7-3-11-21-15/h1,3-4,6-7,11-12H,2,5,8-10H2,(H3,18,19,20). The van der Waals surface area contributed by atoms with Crippen molar-refractivity contribution in [1.82, 2.24) is 5.32 Å². The van der Waals surface area contributed by atoms with E-state index in [1.165, 1.54) is 10.9 Å². The van der Waals surface area contributed by atoms with E-state index < -0.39 is 0 Å². The van der Waals surface area contributed by atoms with E-state index in [2.05, 4.69) is 21.8 Å². The number of halogens is 1. The zero-order chi connectivity index (χ0) is 14.9. The number of hydrogen-bond donors (Lipinski definition) is 2. The molecule has 1 aromatic heterocycles. The summed E-state index contributed by atoms with van der Waals surface area (Å²) in [5.41, 5.74) is 6.79. The first-order chi connectivity index (χ1) is 10.2. The monoisotopic (exact) mass is 305 g/mol. The number of rotatable bonds is 7. The third-order valence-corrected chi connectivity index (χ3v) is 3.99. The van der Waals surface area contributed by atoms with Gasteiger partial charge in [0.05, 0.1) is 0 Å². The summed E-state index contributed by atoms with van der Waals surface area (Å²) >= 11 is 1.74. The fourth-order valence-corrected chi connectivity index (χ4v) is 2.71. The third kappa shape index (κ3) is 5.95. The number of thiophene rings is 1. The first-order valence-electron chi connectivity index (χ1n) is 7.04. The summed E-state index contributed by atoms with van der Waals surface area (Å²) in [5.74, 6) is 0.288. The van der Waals surface area contributed by atoms with Crippen LogP contribution in [0.4, 0.5) is 4.39 Å². The minimum atomic E-state index is -0.189. The number of aryl methyl sites for hydroxylation is 1. The molecule has 112 valence electrons. The number of aliphatic imine (C=N–C) groups is 1. The molecular weight excluding hydrogens is 285 g/mol. The summed E-state index contributed by atoms with van der Waals surface area (Å²) in [6.07, 6.45) is 2.62. The van der Waals surface area contributed by atoms with Crippen LogP contribution >= 0.6 is 11.3 Å². The first kappa shape index (κ1) is 15.5. The second-order valence-corrected chi connectivity index (χ2v) is 5.79. The molecule has 0 aliphatic carbocycles. The van der Waals surface area contributed by atoms with E-state index in [0.29, 0.717) is 12.5 Å². The normalized spacial score (nSPS) is 11.6. The SMILES string of the molecule is NC(=NCCCc1cccc(F)c1)NCCc1cccs1. The smallest absolute Gasteiger partial charge is 0.188 e. The van der Waals surface area contributed by atoms with Gasteiger partial charge in [0.25, 0.3) is 0 Å². The Hall–Kier alpha value is -1.88. The Kier molecular flexibility index (Phi) is 6.22. The van der Waals surface area contributed by atoms with Crippen LogP contribution in [-0.2, 0) is 12.8 Å². The van der Waals surface area contributed by atoms with Crippen molar-refractivity contribution in [2.45, 2.75) is 19.3 Å². The molecule has 0 saturated heterocycles. The zero-order valence-corrected chi connectivity index (χ0v) is 12.7. The maximum atomic E-state index is 13.0. The largest absolute Gasteiger partial charge is 0.370 e. The van der Waals surface area contributed by atoms with Crippen LogP contribution in [-0.4, -0.2) is 19.0 Å². The molecule has 21 heavy (non-hydrogen) atoms. The number of nitrogens with zero attached hydrogens (tertiary/aromatic N) is 1. The van der Waals surface area contributed by atoms with Crippen LogP contribution in [0.25, 0.3) is 0 Å². The van der Waals surface area contributed by atoms with Crippen LogP contribution in [0.15, 0.2) is 46.8 Å². The molecule has 0 atom stereocenters. The lowest BCUT2D eigenvalue weighted by atomic mass is 10.1. The van der Waals surface area contributed by atoms with Crippen LogP contribution in [0, 0.1) is 5.82 Å². The molecule has 0 amide bonds. The fraction of sp³-hybridized carbons (Fsp3) is 0.312. The van der Waals surface area contributed by atoms with Gasteiger partial charge >= 0.3 is 0 Å². The Labute approximate surface area is 128 Å². The van der Waals surface area contributed by atoms with E-state index in [4.69, 9.17) is 5.73 Å². The Balaban J connectivity index is 1.62. The van der Waals surface area contributed by atoms with Crippen molar-refractivity contribution in [3.8, 4) is 0 Å². The Morgan fingerprint density at radius 3 is 2.90 bits per heavy atom. The van der Waals surface area contributed by atoms with Crippen molar-refractivity contribution in [3.63, 3.8) is 0 Å². The quantitative estimate of drug-likeness (QED) is 0.469. The summed E-state index contributed by atoms with van der Waals surface area (Å²) in [6.45, 7) is 1.44. The maximum absolute atomic E-state index is 13.0. The Bertz CT molecular complexity index is 567. The molecule has 0 fully saturated rings. The topological polar surface area (TPSA) is 50.4 Å². The highest BCUT2D eigenvalue weighted by atomic mass is 32.1. The van der Waals surface area contributed by atoms with Crippen molar-refractivity contribution in [2.75, 3.05) is 13.1 Å². The van der Waals surface area contributed by atoms with E-state index in [1.54, 1.807) is 23.5 Å². The molecule has 0 unspecified atom stereocenters. The van der Waals surface area contributed by atoms with Crippen LogP contribution in [0.3, 0.4) is 0 Å². The molecule has 3 N–H and O–H groups in total. The molecule has 3 nitrogen and oxygen atoms in total. The predicted octanol–water partition coefficient (Wildman–Crippen LogP) is 2.97. The van der Waals surface area contributed by atoms with E-state index in [-0.39, 0.29) is 5.82 Å². The zero-order valence-electron chi connectivity index (χ0n) is 11.9. The molecule has 0 radical (unpaired) electrons. The average molecular weight is 305 g/mol. The van der Waals surface area contributed by atoms with Crippen LogP contribution in [0.2, 0.25) is 0 Å². The van der Waals surface area contributed by atoms with Gasteiger partial charge in [0.15, 0.2) is 5.96 Å².